The number of hydrogen-bond acceptors (Lipinski definition) is 8. The van der Waals surface area contributed by atoms with Crippen molar-refractivity contribution < 1.29 is 38.6 Å². The lowest BCUT2D eigenvalue weighted by atomic mass is 9.82. The molecular weight excluding hydrogens is 520 g/mol. The van der Waals surface area contributed by atoms with E-state index in [-0.39, 0.29) is 23.6 Å². The van der Waals surface area contributed by atoms with Crippen molar-refractivity contribution in [2.24, 2.45) is 5.73 Å². The van der Waals surface area contributed by atoms with Gasteiger partial charge in [-0.1, -0.05) is 54.6 Å². The van der Waals surface area contributed by atoms with E-state index in [2.05, 4.69) is 5.32 Å². The molecule has 3 aromatic rings. The zero-order chi connectivity index (χ0) is 29.0. The Morgan fingerprint density at radius 1 is 0.900 bits per heavy atom. The maximum atomic E-state index is 14.3. The summed E-state index contributed by atoms with van der Waals surface area (Å²) < 4.78 is 10.3. The Labute approximate surface area is 228 Å². The van der Waals surface area contributed by atoms with Crippen LogP contribution in [0.2, 0.25) is 0 Å². The summed E-state index contributed by atoms with van der Waals surface area (Å²) >= 11 is 0. The lowest BCUT2D eigenvalue weighted by Crippen LogP contribution is -2.77. The molecule has 2 atom stereocenters. The van der Waals surface area contributed by atoms with E-state index in [0.29, 0.717) is 11.3 Å². The molecule has 0 saturated carbocycles. The predicted octanol–water partition coefficient (Wildman–Crippen LogP) is 2.95. The summed E-state index contributed by atoms with van der Waals surface area (Å²) in [6.07, 6.45) is -3.20. The summed E-state index contributed by atoms with van der Waals surface area (Å²) in [6, 6.07) is 19.8. The molecule has 0 bridgehead atoms. The van der Waals surface area contributed by atoms with Crippen LogP contribution in [0.1, 0.15) is 25.0 Å². The molecule has 4 N–H and O–H groups in total. The van der Waals surface area contributed by atoms with Crippen molar-refractivity contribution in [3.8, 4) is 11.5 Å². The first-order valence-corrected chi connectivity index (χ1v) is 12.1. The van der Waals surface area contributed by atoms with E-state index in [0.717, 1.165) is 23.6 Å². The second-order valence-corrected chi connectivity index (χ2v) is 8.90. The van der Waals surface area contributed by atoms with Crippen molar-refractivity contribution in [3.63, 3.8) is 0 Å². The lowest BCUT2D eigenvalue weighted by Gasteiger charge is -2.50. The van der Waals surface area contributed by atoms with Crippen molar-refractivity contribution in [1.29, 1.82) is 0 Å². The van der Waals surface area contributed by atoms with Crippen molar-refractivity contribution in [2.75, 3.05) is 4.90 Å². The molecule has 1 fully saturated rings. The molecule has 4 amide bonds. The monoisotopic (exact) mass is 546 g/mol. The van der Waals surface area contributed by atoms with Gasteiger partial charge in [0.1, 0.15) is 6.17 Å². The van der Waals surface area contributed by atoms with E-state index in [1.807, 2.05) is 0 Å². The highest BCUT2D eigenvalue weighted by molar-refractivity contribution is 6.11. The van der Waals surface area contributed by atoms with Crippen molar-refractivity contribution in [2.45, 2.75) is 32.1 Å². The molecule has 1 heterocycles. The zero-order valence-corrected chi connectivity index (χ0v) is 21.6. The van der Waals surface area contributed by atoms with E-state index in [9.17, 15) is 29.1 Å². The van der Waals surface area contributed by atoms with Gasteiger partial charge in [-0.15, -0.1) is 0 Å². The number of nitrogens with one attached hydrogen (secondary N) is 1. The maximum Gasteiger partial charge on any atom is 0.405 e. The Morgan fingerprint density at radius 2 is 1.48 bits per heavy atom. The van der Waals surface area contributed by atoms with Gasteiger partial charge in [-0.2, -0.15) is 0 Å². The van der Waals surface area contributed by atoms with Gasteiger partial charge in [0.25, 0.3) is 5.91 Å². The summed E-state index contributed by atoms with van der Waals surface area (Å²) in [5, 5.41) is 12.2. The van der Waals surface area contributed by atoms with Gasteiger partial charge in [0.15, 0.2) is 17.0 Å². The molecule has 1 aliphatic rings. The van der Waals surface area contributed by atoms with Crippen LogP contribution in [0, 0.1) is 0 Å². The van der Waals surface area contributed by atoms with Crippen molar-refractivity contribution >= 4 is 35.7 Å². The number of amides is 4. The van der Waals surface area contributed by atoms with Crippen molar-refractivity contribution in [1.82, 2.24) is 10.2 Å². The summed E-state index contributed by atoms with van der Waals surface area (Å²) in [5.74, 6) is -2.84. The number of carboxylic acid groups (broad SMARTS) is 1. The molecule has 1 saturated heterocycles. The van der Waals surface area contributed by atoms with Gasteiger partial charge in [0, 0.05) is 19.5 Å². The third-order valence-corrected chi connectivity index (χ3v) is 6.17. The minimum atomic E-state index is -2.28. The Morgan fingerprint density at radius 3 is 2.05 bits per heavy atom. The number of rotatable bonds is 7. The molecule has 0 spiro atoms. The third kappa shape index (κ3) is 5.33. The Kier molecular flexibility index (Phi) is 7.82. The number of para-hydroxylation sites is 1. The molecule has 2 unspecified atom stereocenters. The molecular formula is C28H26N4O8. The number of nitrogens with two attached hydrogens (primary N) is 1. The van der Waals surface area contributed by atoms with Gasteiger partial charge in [-0.3, -0.25) is 24.2 Å². The molecule has 1 aliphatic heterocycles. The third-order valence-electron chi connectivity index (χ3n) is 6.17. The Hall–Kier alpha value is -5.23. The topological polar surface area (TPSA) is 169 Å². The van der Waals surface area contributed by atoms with Crippen LogP contribution in [0.3, 0.4) is 0 Å². The summed E-state index contributed by atoms with van der Waals surface area (Å²) in [4.78, 5) is 65.7. The minimum Gasteiger partial charge on any atom is -0.465 e. The standard InChI is InChI=1S/C28H26N4O8/c1-17(33)39-22-14-13-20(15-23(22)40-18(2)34)28(30-26(36)37)24(29)32(21-11-7-4-8-12-21)27(38)31(25(28)35)16-19-9-5-3-6-10-19/h3-15,24,30H,16,29H2,1-2H3,(H,36,37). The van der Waals surface area contributed by atoms with E-state index >= 15 is 0 Å². The number of imide groups is 1. The quantitative estimate of drug-likeness (QED) is 0.298. The number of urea groups is 1. The molecule has 40 heavy (non-hydrogen) atoms. The normalized spacial score (nSPS) is 18.7. The second kappa shape index (κ2) is 11.3. The average Bonchev–Trinajstić information content (AvgIpc) is 2.91. The highest BCUT2D eigenvalue weighted by Gasteiger charge is 2.59. The first-order chi connectivity index (χ1) is 19.0. The molecule has 12 nitrogen and oxygen atoms in total. The number of hydrogen-bond donors (Lipinski definition) is 3. The van der Waals surface area contributed by atoms with Crippen LogP contribution in [-0.4, -0.2) is 46.1 Å². The molecule has 0 radical (unpaired) electrons. The van der Waals surface area contributed by atoms with Gasteiger partial charge in [-0.25, -0.2) is 9.59 Å². The van der Waals surface area contributed by atoms with Gasteiger partial charge < -0.3 is 25.6 Å². The van der Waals surface area contributed by atoms with E-state index in [4.69, 9.17) is 15.2 Å². The van der Waals surface area contributed by atoms with Crippen molar-refractivity contribution in [3.05, 3.63) is 90.0 Å². The summed E-state index contributed by atoms with van der Waals surface area (Å²) in [6.45, 7) is 2.06. The molecule has 0 aliphatic carbocycles. The first-order valence-electron chi connectivity index (χ1n) is 12.1. The van der Waals surface area contributed by atoms with Crippen LogP contribution in [0.15, 0.2) is 78.9 Å². The smallest absolute Gasteiger partial charge is 0.405 e. The number of ether oxygens (including phenoxy) is 2. The fourth-order valence-corrected chi connectivity index (χ4v) is 4.52. The summed E-state index contributed by atoms with van der Waals surface area (Å²) in [5.41, 5.74) is 5.17. The van der Waals surface area contributed by atoms with Crippen LogP contribution < -0.4 is 25.4 Å². The molecule has 4 rings (SSSR count). The van der Waals surface area contributed by atoms with E-state index in [1.165, 1.54) is 18.2 Å². The molecule has 12 heteroatoms. The second-order valence-electron chi connectivity index (χ2n) is 8.90. The number of esters is 2. The van der Waals surface area contributed by atoms with Crippen LogP contribution in [0.5, 0.6) is 11.5 Å². The SMILES string of the molecule is CC(=O)Oc1ccc(C2(NC(=O)O)C(=O)N(Cc3ccccc3)C(=O)N(c3ccccc3)C2N)cc1OC(C)=O. The van der Waals surface area contributed by atoms with Gasteiger partial charge in [0.2, 0.25) is 0 Å². The average molecular weight is 547 g/mol. The van der Waals surface area contributed by atoms with Crippen LogP contribution >= 0.6 is 0 Å². The van der Waals surface area contributed by atoms with Crippen LogP contribution in [-0.2, 0) is 26.5 Å². The highest BCUT2D eigenvalue weighted by atomic mass is 16.6. The predicted molar refractivity (Wildman–Crippen MR) is 141 cm³/mol. The Balaban J connectivity index is 1.96. The van der Waals surface area contributed by atoms with E-state index in [1.54, 1.807) is 60.7 Å². The number of benzene rings is 3. The highest BCUT2D eigenvalue weighted by Crippen LogP contribution is 2.40. The Bertz CT molecular complexity index is 1460. The molecule has 3 aromatic carbocycles. The zero-order valence-electron chi connectivity index (χ0n) is 21.6. The largest absolute Gasteiger partial charge is 0.465 e. The van der Waals surface area contributed by atoms with Gasteiger partial charge >= 0.3 is 24.1 Å². The van der Waals surface area contributed by atoms with E-state index < -0.39 is 41.7 Å². The fourth-order valence-electron chi connectivity index (χ4n) is 4.52. The van der Waals surface area contributed by atoms with Crippen LogP contribution in [0.4, 0.5) is 15.3 Å². The number of anilines is 1. The van der Waals surface area contributed by atoms with Gasteiger partial charge in [-0.05, 0) is 35.4 Å². The number of nitrogens with zero attached hydrogens (tertiary/aromatic N) is 2. The first kappa shape index (κ1) is 27.8. The maximum absolute atomic E-state index is 14.3. The van der Waals surface area contributed by atoms with Gasteiger partial charge in [0.05, 0.1) is 6.54 Å². The lowest BCUT2D eigenvalue weighted by molar-refractivity contribution is -0.139. The van der Waals surface area contributed by atoms with Crippen LogP contribution in [0.25, 0.3) is 0 Å². The molecule has 206 valence electrons. The minimum absolute atomic E-state index is 0.0638. The number of carbonyl (C=O) groups excluding carboxylic acids is 4. The fraction of sp³-hybridized carbons (Fsp3) is 0.179. The summed E-state index contributed by atoms with van der Waals surface area (Å²) in [7, 11) is 0. The number of carbonyl (C=O) groups is 5. The molecule has 0 aromatic heterocycles.